The van der Waals surface area contributed by atoms with Crippen LogP contribution in [0.2, 0.25) is 0 Å². The van der Waals surface area contributed by atoms with Crippen molar-refractivity contribution in [2.45, 2.75) is 0 Å². The second kappa shape index (κ2) is 19.7. The predicted molar refractivity (Wildman–Crippen MR) is 78.5 cm³/mol. The molecule has 11 nitrogen and oxygen atoms in total. The molecule has 0 fully saturated rings. The SMILES string of the molecule is N#[C][Fe-3]([C]#N)([C]#N)([C]#N)[C]#N.NCC[NH3+].NCC[NH3+].NCC[NH3+]. The molecule has 15 N–H and O–H groups in total. The van der Waals surface area contributed by atoms with E-state index in [1.54, 1.807) is 0 Å². The first-order valence-electron chi connectivity index (χ1n) is 6.23. The number of quaternary nitrogens is 3. The van der Waals surface area contributed by atoms with Crippen LogP contribution in [0.25, 0.3) is 0 Å². The Labute approximate surface area is 137 Å². The summed E-state index contributed by atoms with van der Waals surface area (Å²) >= 11 is -4.78. The largest absolute Gasteiger partial charge is 0.357 e. The molecule has 0 saturated carbocycles. The summed E-state index contributed by atoms with van der Waals surface area (Å²) in [5.74, 6) is 0. The second-order valence-corrected chi connectivity index (χ2v) is 7.20. The Balaban J connectivity index is -0.000000124. The first-order valence-corrected chi connectivity index (χ1v) is 8.99. The molecule has 0 aromatic heterocycles. The van der Waals surface area contributed by atoms with Crippen molar-refractivity contribution < 1.29 is 29.0 Å². The minimum absolute atomic E-state index is 0.708. The van der Waals surface area contributed by atoms with Gasteiger partial charge in [-0.1, -0.05) is 0 Å². The van der Waals surface area contributed by atoms with E-state index in [1.807, 2.05) is 0 Å². The number of rotatable bonds is 3. The molecule has 0 heterocycles. The number of hydrogen-bond donors (Lipinski definition) is 6. The topological polar surface area (TPSA) is 280 Å². The van der Waals surface area contributed by atoms with E-state index in [-0.39, 0.29) is 0 Å². The van der Waals surface area contributed by atoms with E-state index in [4.69, 9.17) is 43.5 Å². The molecule has 0 aliphatic carbocycles. The molecule has 0 aromatic carbocycles. The van der Waals surface area contributed by atoms with Crippen LogP contribution in [0.1, 0.15) is 0 Å². The Morgan fingerprint density at radius 3 is 0.696 bits per heavy atom. The quantitative estimate of drug-likeness (QED) is 0.260. The Morgan fingerprint density at radius 2 is 0.696 bits per heavy atom. The third-order valence-electron chi connectivity index (χ3n) is 1.40. The van der Waals surface area contributed by atoms with E-state index in [0.717, 1.165) is 19.6 Å². The molecule has 0 radical (unpaired) electrons. The molecule has 0 spiro atoms. The third kappa shape index (κ3) is 14.4. The summed E-state index contributed by atoms with van der Waals surface area (Å²) in [5, 5.41) is 41.8. The van der Waals surface area contributed by atoms with Crippen molar-refractivity contribution in [2.75, 3.05) is 39.3 Å². The van der Waals surface area contributed by atoms with Crippen LogP contribution in [0.15, 0.2) is 0 Å². The Kier molecular flexibility index (Phi) is 24.7. The van der Waals surface area contributed by atoms with Gasteiger partial charge in [0, 0.05) is 19.6 Å². The van der Waals surface area contributed by atoms with Gasteiger partial charge in [0.05, 0.1) is 19.6 Å². The van der Waals surface area contributed by atoms with Crippen LogP contribution in [0.4, 0.5) is 0 Å². The standard InChI is InChI=1S/3C2H8N2.5CN.Fe/c3*3-1-2-4;5*1-2;/h3*1-4H2;;;;;;/q;;;;;;;;-3/p+3. The maximum atomic E-state index is 8.35. The monoisotopic (exact) mass is 369 g/mol. The van der Waals surface area contributed by atoms with Crippen molar-refractivity contribution in [3.63, 3.8) is 0 Å². The van der Waals surface area contributed by atoms with E-state index in [9.17, 15) is 0 Å². The molecule has 0 amide bonds. The molecule has 134 valence electrons. The molecule has 12 heteroatoms. The molecule has 0 atom stereocenters. The summed E-state index contributed by atoms with van der Waals surface area (Å²) in [4.78, 5) is 6.12. The van der Waals surface area contributed by atoms with E-state index in [0.29, 0.717) is 19.6 Å². The molecule has 0 aromatic rings. The minimum Gasteiger partial charge on any atom is -0.357 e. The first kappa shape index (κ1) is 28.8. The van der Waals surface area contributed by atoms with Crippen LogP contribution in [-0.4, -0.2) is 39.3 Å². The summed E-state index contributed by atoms with van der Waals surface area (Å²) in [6.07, 6.45) is 0. The van der Waals surface area contributed by atoms with Crippen LogP contribution in [-0.2, 0) is 11.8 Å². The van der Waals surface area contributed by atoms with Gasteiger partial charge in [0.25, 0.3) is 0 Å². The zero-order valence-corrected chi connectivity index (χ0v) is 14.3. The van der Waals surface area contributed by atoms with Crippen LogP contribution in [0.5, 0.6) is 0 Å². The fourth-order valence-corrected chi connectivity index (χ4v) is 0.729. The summed E-state index contributed by atoms with van der Waals surface area (Å²) in [6, 6.07) is 0. The van der Waals surface area contributed by atoms with Crippen molar-refractivity contribution in [3.8, 4) is 24.8 Å². The molecule has 0 saturated heterocycles. The smallest absolute Gasteiger partial charge is 0.0864 e. The van der Waals surface area contributed by atoms with Gasteiger partial charge in [-0.25, -0.2) is 0 Å². The van der Waals surface area contributed by atoms with E-state index in [1.165, 1.54) is 24.8 Å². The van der Waals surface area contributed by atoms with Crippen LogP contribution >= 0.6 is 0 Å². The van der Waals surface area contributed by atoms with Crippen molar-refractivity contribution in [3.05, 3.63) is 0 Å². The maximum absolute atomic E-state index is 8.35. The Hall–Kier alpha value is -2.27. The first-order chi connectivity index (χ1) is 10.9. The van der Waals surface area contributed by atoms with Crippen molar-refractivity contribution >= 4 is 0 Å². The maximum Gasteiger partial charge on any atom is 0.0864 e. The van der Waals surface area contributed by atoms with Gasteiger partial charge in [-0.05, 0) is 0 Å². The predicted octanol–water partition coefficient (Wildman–Crippen LogP) is -5.36. The fourth-order valence-electron chi connectivity index (χ4n) is 0.177. The van der Waals surface area contributed by atoms with E-state index in [2.05, 4.69) is 17.2 Å². The molecule has 0 aliphatic rings. The average molecular weight is 369 g/mol. The Morgan fingerprint density at radius 1 is 0.565 bits per heavy atom. The number of hydrogen-bond acceptors (Lipinski definition) is 8. The normalized spacial score (nSPS) is 9.35. The number of nitrogens with two attached hydrogens (primary N) is 3. The van der Waals surface area contributed by atoms with E-state index >= 15 is 0 Å². The average Bonchev–Trinajstić information content (AvgIpc) is 2.65. The molecule has 0 aliphatic heterocycles. The zero-order chi connectivity index (χ0) is 19.2. The summed E-state index contributed by atoms with van der Waals surface area (Å²) < 4.78 is 0. The van der Waals surface area contributed by atoms with Crippen LogP contribution < -0.4 is 34.4 Å². The van der Waals surface area contributed by atoms with Gasteiger partial charge in [-0.2, -0.15) is 0 Å². The Bertz CT molecular complexity index is 370. The van der Waals surface area contributed by atoms with Gasteiger partial charge in [-0.15, -0.1) is 0 Å². The molecule has 0 unspecified atom stereocenters. The van der Waals surface area contributed by atoms with Gasteiger partial charge in [0.2, 0.25) is 0 Å². The van der Waals surface area contributed by atoms with Gasteiger partial charge in [0.15, 0.2) is 0 Å². The summed E-state index contributed by atoms with van der Waals surface area (Å²) in [6.45, 7) is 4.67. The van der Waals surface area contributed by atoms with Crippen molar-refractivity contribution in [1.29, 1.82) is 26.3 Å². The summed E-state index contributed by atoms with van der Waals surface area (Å²) in [7, 11) is 0. The van der Waals surface area contributed by atoms with Crippen LogP contribution in [0.3, 0.4) is 0 Å². The number of nitrogens with zero attached hydrogens (tertiary/aromatic N) is 5. The van der Waals surface area contributed by atoms with Gasteiger partial charge < -0.3 is 34.4 Å². The third-order valence-corrected chi connectivity index (χ3v) is 3.87. The molecule has 23 heavy (non-hydrogen) atoms. The molecular formula is C11H27FeN11. The minimum atomic E-state index is -4.78. The fraction of sp³-hybridized carbons (Fsp3) is 0.545. The number of nitriles is 5. The van der Waals surface area contributed by atoms with Gasteiger partial charge >= 0.3 is 62.9 Å². The molecule has 0 bridgehead atoms. The van der Waals surface area contributed by atoms with Crippen molar-refractivity contribution in [2.24, 2.45) is 17.2 Å². The second-order valence-electron chi connectivity index (χ2n) is 3.21. The van der Waals surface area contributed by atoms with Crippen molar-refractivity contribution in [1.82, 2.24) is 0 Å². The molecular weight excluding hydrogens is 342 g/mol. The van der Waals surface area contributed by atoms with Crippen LogP contribution in [0, 0.1) is 51.1 Å². The van der Waals surface area contributed by atoms with E-state index < -0.39 is 11.8 Å². The zero-order valence-electron chi connectivity index (χ0n) is 13.2. The molecule has 0 rings (SSSR count). The summed E-state index contributed by atoms with van der Waals surface area (Å²) in [5.41, 5.74) is 25.3. The van der Waals surface area contributed by atoms with Gasteiger partial charge in [-0.3, -0.25) is 0 Å². The van der Waals surface area contributed by atoms with Gasteiger partial charge in [0.1, 0.15) is 0 Å².